The lowest BCUT2D eigenvalue weighted by Crippen LogP contribution is -2.69. The molecule has 3 rings (SSSR count). The number of hydrogen-bond donors (Lipinski definition) is 1. The van der Waals surface area contributed by atoms with Gasteiger partial charge in [0.2, 0.25) is 11.8 Å². The summed E-state index contributed by atoms with van der Waals surface area (Å²) in [6.45, 7) is 3.48. The van der Waals surface area contributed by atoms with Crippen molar-refractivity contribution in [1.82, 2.24) is 10.2 Å². The highest BCUT2D eigenvalue weighted by Gasteiger charge is 2.46. The summed E-state index contributed by atoms with van der Waals surface area (Å²) in [5.41, 5.74) is 1.05. The normalized spacial score (nSPS) is 22.1. The highest BCUT2D eigenvalue weighted by atomic mass is 16.6. The fraction of sp³-hybridized carbons (Fsp3) is 0.333. The van der Waals surface area contributed by atoms with Gasteiger partial charge in [-0.3, -0.25) is 19.7 Å². The smallest absolute Gasteiger partial charge is 0.272 e. The molecule has 28 heavy (non-hydrogen) atoms. The fourth-order valence-electron chi connectivity index (χ4n) is 3.79. The van der Waals surface area contributed by atoms with Gasteiger partial charge in [-0.2, -0.15) is 0 Å². The summed E-state index contributed by atoms with van der Waals surface area (Å²) in [5, 5.41) is 14.2. The maximum atomic E-state index is 13.1. The van der Waals surface area contributed by atoms with Crippen LogP contribution in [0.2, 0.25) is 0 Å². The van der Waals surface area contributed by atoms with Crippen molar-refractivity contribution < 1.29 is 14.5 Å². The molecule has 0 radical (unpaired) electrons. The molecule has 1 aliphatic rings. The van der Waals surface area contributed by atoms with Gasteiger partial charge < -0.3 is 10.2 Å². The van der Waals surface area contributed by atoms with Gasteiger partial charge in [-0.15, -0.1) is 0 Å². The number of nitro groups is 1. The Kier molecular flexibility index (Phi) is 5.18. The molecule has 2 aromatic rings. The number of carbonyl (C=O) groups excluding carboxylic acids is 2. The van der Waals surface area contributed by atoms with Gasteiger partial charge in [0.15, 0.2) is 0 Å². The number of nitro benzene ring substituents is 1. The second kappa shape index (κ2) is 7.42. The number of likely N-dealkylation sites (N-methyl/N-ethyl adjacent to an activating group) is 1. The van der Waals surface area contributed by atoms with Gasteiger partial charge in [0.05, 0.1) is 4.92 Å². The lowest BCUT2D eigenvalue weighted by atomic mass is 9.86. The summed E-state index contributed by atoms with van der Waals surface area (Å²) >= 11 is 0. The predicted molar refractivity (Wildman–Crippen MR) is 105 cm³/mol. The molecule has 0 aliphatic carbocycles. The Labute approximate surface area is 163 Å². The highest BCUT2D eigenvalue weighted by Crippen LogP contribution is 2.28. The summed E-state index contributed by atoms with van der Waals surface area (Å²) in [4.78, 5) is 38.3. The van der Waals surface area contributed by atoms with Gasteiger partial charge in [0, 0.05) is 31.5 Å². The number of benzene rings is 2. The molecule has 146 valence electrons. The van der Waals surface area contributed by atoms with Crippen molar-refractivity contribution in [2.24, 2.45) is 0 Å². The third kappa shape index (κ3) is 3.60. The standard InChI is InChI=1S/C21H23N3O4/c1-14-8-7-11-17(24(27)28)16(14)12-18-19(25)22-21(2,20(26)23(18)3)13-15-9-5-4-6-10-15/h4-11,18H,12-13H2,1-3H3,(H,22,25). The maximum Gasteiger partial charge on any atom is 0.272 e. The van der Waals surface area contributed by atoms with Crippen LogP contribution in [0.15, 0.2) is 48.5 Å². The van der Waals surface area contributed by atoms with Crippen molar-refractivity contribution in [1.29, 1.82) is 0 Å². The van der Waals surface area contributed by atoms with Crippen LogP contribution in [0, 0.1) is 17.0 Å². The van der Waals surface area contributed by atoms with Crippen LogP contribution >= 0.6 is 0 Å². The molecular formula is C21H23N3O4. The molecule has 2 aromatic carbocycles. The van der Waals surface area contributed by atoms with E-state index in [0.717, 1.165) is 11.1 Å². The first-order valence-corrected chi connectivity index (χ1v) is 9.09. The van der Waals surface area contributed by atoms with Crippen molar-refractivity contribution in [2.75, 3.05) is 7.05 Å². The van der Waals surface area contributed by atoms with Crippen molar-refractivity contribution in [2.45, 2.75) is 38.3 Å². The largest absolute Gasteiger partial charge is 0.340 e. The lowest BCUT2D eigenvalue weighted by Gasteiger charge is -2.43. The van der Waals surface area contributed by atoms with Crippen molar-refractivity contribution in [3.05, 3.63) is 75.3 Å². The van der Waals surface area contributed by atoms with Crippen LogP contribution in [-0.4, -0.2) is 40.3 Å². The fourth-order valence-corrected chi connectivity index (χ4v) is 3.79. The molecule has 1 N–H and O–H groups in total. The third-order valence-electron chi connectivity index (χ3n) is 5.34. The summed E-state index contributed by atoms with van der Waals surface area (Å²) in [5.74, 6) is -0.518. The van der Waals surface area contributed by atoms with Gasteiger partial charge in [-0.25, -0.2) is 0 Å². The molecule has 2 amide bonds. The minimum absolute atomic E-state index is 0.0359. The molecule has 0 spiro atoms. The van der Waals surface area contributed by atoms with E-state index in [-0.39, 0.29) is 23.9 Å². The minimum Gasteiger partial charge on any atom is -0.340 e. The van der Waals surface area contributed by atoms with E-state index < -0.39 is 16.5 Å². The summed E-state index contributed by atoms with van der Waals surface area (Å²) in [7, 11) is 1.58. The Balaban J connectivity index is 1.87. The van der Waals surface area contributed by atoms with E-state index in [1.807, 2.05) is 30.3 Å². The molecule has 1 fully saturated rings. The second-order valence-corrected chi connectivity index (χ2v) is 7.45. The zero-order valence-electron chi connectivity index (χ0n) is 16.1. The molecule has 1 heterocycles. The van der Waals surface area contributed by atoms with Crippen LogP contribution in [0.25, 0.3) is 0 Å². The highest BCUT2D eigenvalue weighted by molar-refractivity contribution is 5.99. The average Bonchev–Trinajstić information content (AvgIpc) is 2.65. The summed E-state index contributed by atoms with van der Waals surface area (Å²) in [6.07, 6.45) is 0.471. The van der Waals surface area contributed by atoms with Crippen molar-refractivity contribution in [3.63, 3.8) is 0 Å². The first kappa shape index (κ1) is 19.5. The van der Waals surface area contributed by atoms with Crippen molar-refractivity contribution >= 4 is 17.5 Å². The Morgan fingerprint density at radius 1 is 1.14 bits per heavy atom. The second-order valence-electron chi connectivity index (χ2n) is 7.45. The molecular weight excluding hydrogens is 358 g/mol. The van der Waals surface area contributed by atoms with E-state index in [2.05, 4.69) is 5.32 Å². The van der Waals surface area contributed by atoms with Gasteiger partial charge in [0.1, 0.15) is 11.6 Å². The zero-order valence-corrected chi connectivity index (χ0v) is 16.1. The number of aryl methyl sites for hydroxylation is 1. The van der Waals surface area contributed by atoms with Gasteiger partial charge >= 0.3 is 0 Å². The SMILES string of the molecule is Cc1cccc([N+](=O)[O-])c1CC1C(=O)NC(C)(Cc2ccccc2)C(=O)N1C. The first-order chi connectivity index (χ1) is 13.2. The van der Waals surface area contributed by atoms with E-state index in [4.69, 9.17) is 0 Å². The number of hydrogen-bond acceptors (Lipinski definition) is 4. The molecule has 0 aromatic heterocycles. The van der Waals surface area contributed by atoms with E-state index in [1.54, 1.807) is 33.0 Å². The number of rotatable bonds is 5. The Morgan fingerprint density at radius 3 is 2.46 bits per heavy atom. The number of nitrogens with one attached hydrogen (secondary N) is 1. The molecule has 1 saturated heterocycles. The van der Waals surface area contributed by atoms with E-state index >= 15 is 0 Å². The van der Waals surface area contributed by atoms with Gasteiger partial charge in [0.25, 0.3) is 5.69 Å². The molecule has 0 bridgehead atoms. The monoisotopic (exact) mass is 381 g/mol. The van der Waals surface area contributed by atoms with Crippen molar-refractivity contribution in [3.8, 4) is 0 Å². The molecule has 7 nitrogen and oxygen atoms in total. The average molecular weight is 381 g/mol. The predicted octanol–water partition coefficient (Wildman–Crippen LogP) is 2.40. The van der Waals surface area contributed by atoms with Gasteiger partial charge in [-0.1, -0.05) is 42.5 Å². The molecule has 7 heteroatoms. The van der Waals surface area contributed by atoms with Crippen LogP contribution in [0.4, 0.5) is 5.69 Å². The third-order valence-corrected chi connectivity index (χ3v) is 5.34. The van der Waals surface area contributed by atoms with Crippen LogP contribution in [0.3, 0.4) is 0 Å². The van der Waals surface area contributed by atoms with Crippen LogP contribution < -0.4 is 5.32 Å². The molecule has 2 atom stereocenters. The Bertz CT molecular complexity index is 929. The topological polar surface area (TPSA) is 92.5 Å². The Morgan fingerprint density at radius 2 is 1.82 bits per heavy atom. The number of nitrogens with zero attached hydrogens (tertiary/aromatic N) is 2. The van der Waals surface area contributed by atoms with Gasteiger partial charge in [-0.05, 0) is 25.0 Å². The lowest BCUT2D eigenvalue weighted by molar-refractivity contribution is -0.385. The number of piperazine rings is 1. The molecule has 0 saturated carbocycles. The first-order valence-electron chi connectivity index (χ1n) is 9.09. The van der Waals surface area contributed by atoms with E-state index in [1.165, 1.54) is 11.0 Å². The van der Waals surface area contributed by atoms with E-state index in [9.17, 15) is 19.7 Å². The summed E-state index contributed by atoms with van der Waals surface area (Å²) in [6, 6.07) is 13.5. The Hall–Kier alpha value is -3.22. The number of amides is 2. The molecule has 1 aliphatic heterocycles. The maximum absolute atomic E-state index is 13.1. The quantitative estimate of drug-likeness (QED) is 0.636. The number of carbonyl (C=O) groups is 2. The minimum atomic E-state index is -1.05. The molecule has 2 unspecified atom stereocenters. The van der Waals surface area contributed by atoms with Crippen LogP contribution in [-0.2, 0) is 22.4 Å². The van der Waals surface area contributed by atoms with Crippen LogP contribution in [0.5, 0.6) is 0 Å². The zero-order chi connectivity index (χ0) is 20.5. The summed E-state index contributed by atoms with van der Waals surface area (Å²) < 4.78 is 0. The van der Waals surface area contributed by atoms with Crippen LogP contribution in [0.1, 0.15) is 23.6 Å². The van der Waals surface area contributed by atoms with E-state index in [0.29, 0.717) is 12.0 Å².